The number of nitrogens with zero attached hydrogens (tertiary/aromatic N) is 2. The summed E-state index contributed by atoms with van der Waals surface area (Å²) in [5, 5.41) is 3.90. The van der Waals surface area contributed by atoms with Crippen molar-refractivity contribution < 1.29 is 17.7 Å². The molecule has 19 heavy (non-hydrogen) atoms. The van der Waals surface area contributed by atoms with Crippen molar-refractivity contribution in [2.75, 3.05) is 0 Å². The van der Waals surface area contributed by atoms with Crippen molar-refractivity contribution in [3.05, 3.63) is 42.2 Å². The monoisotopic (exact) mass is 266 g/mol. The first kappa shape index (κ1) is 11.8. The minimum absolute atomic E-state index is 0.115. The summed E-state index contributed by atoms with van der Waals surface area (Å²) in [6.07, 6.45) is -2.77. The molecule has 0 amide bonds. The van der Waals surface area contributed by atoms with E-state index in [9.17, 15) is 13.2 Å². The van der Waals surface area contributed by atoms with Gasteiger partial charge in [0.1, 0.15) is 0 Å². The van der Waals surface area contributed by atoms with Crippen LogP contribution in [0.3, 0.4) is 0 Å². The van der Waals surface area contributed by atoms with Gasteiger partial charge in [0.25, 0.3) is 0 Å². The topological polar surface area (TPSA) is 31.0 Å². The molecule has 0 spiro atoms. The highest BCUT2D eigenvalue weighted by Crippen LogP contribution is 2.34. The largest absolute Gasteiger partial charge is 0.436 e. The van der Waals surface area contributed by atoms with Crippen LogP contribution in [0.25, 0.3) is 22.2 Å². The van der Waals surface area contributed by atoms with Crippen molar-refractivity contribution >= 4 is 10.9 Å². The van der Waals surface area contributed by atoms with E-state index in [1.165, 1.54) is 0 Å². The lowest BCUT2D eigenvalue weighted by Crippen LogP contribution is -2.04. The lowest BCUT2D eigenvalue weighted by Gasteiger charge is -1.97. The molecular weight excluding hydrogens is 257 g/mol. The van der Waals surface area contributed by atoms with Crippen molar-refractivity contribution in [3.63, 3.8) is 0 Å². The number of hydrogen-bond donors (Lipinski definition) is 0. The van der Waals surface area contributed by atoms with Gasteiger partial charge in [-0.3, -0.25) is 0 Å². The van der Waals surface area contributed by atoms with Crippen molar-refractivity contribution in [2.24, 2.45) is 7.05 Å². The molecule has 3 rings (SSSR count). The van der Waals surface area contributed by atoms with Crippen molar-refractivity contribution in [1.29, 1.82) is 0 Å². The van der Waals surface area contributed by atoms with Gasteiger partial charge in [-0.1, -0.05) is 23.4 Å². The first-order chi connectivity index (χ1) is 8.97. The van der Waals surface area contributed by atoms with Crippen LogP contribution in [0.5, 0.6) is 0 Å². The van der Waals surface area contributed by atoms with Gasteiger partial charge < -0.3 is 9.09 Å². The number of rotatable bonds is 1. The van der Waals surface area contributed by atoms with E-state index >= 15 is 0 Å². The van der Waals surface area contributed by atoms with Crippen LogP contribution in [0, 0.1) is 0 Å². The molecule has 3 aromatic rings. The average molecular weight is 266 g/mol. The van der Waals surface area contributed by atoms with Gasteiger partial charge in [0.2, 0.25) is 0 Å². The lowest BCUT2D eigenvalue weighted by molar-refractivity contribution is -0.142. The SMILES string of the molecule is Cn1cc(-c2cc(C(F)(F)F)no2)c2ccccc21. The number of benzene rings is 1. The van der Waals surface area contributed by atoms with Crippen LogP contribution in [0.4, 0.5) is 13.2 Å². The van der Waals surface area contributed by atoms with E-state index < -0.39 is 11.9 Å². The maximum Gasteiger partial charge on any atom is 0.436 e. The summed E-state index contributed by atoms with van der Waals surface area (Å²) in [6, 6.07) is 8.34. The van der Waals surface area contributed by atoms with Gasteiger partial charge in [-0.15, -0.1) is 0 Å². The number of para-hydroxylation sites is 1. The zero-order chi connectivity index (χ0) is 13.6. The van der Waals surface area contributed by atoms with Gasteiger partial charge in [0, 0.05) is 35.8 Å². The fourth-order valence-electron chi connectivity index (χ4n) is 2.07. The molecule has 2 heterocycles. The molecule has 0 aliphatic rings. The molecule has 0 bridgehead atoms. The number of halogens is 3. The summed E-state index contributed by atoms with van der Waals surface area (Å²) in [4.78, 5) is 0. The van der Waals surface area contributed by atoms with Gasteiger partial charge in [0.05, 0.1) is 0 Å². The summed E-state index contributed by atoms with van der Waals surface area (Å²) in [5.41, 5.74) is 0.499. The van der Waals surface area contributed by atoms with Gasteiger partial charge in [-0.2, -0.15) is 13.2 Å². The molecule has 6 heteroatoms. The van der Waals surface area contributed by atoms with E-state index in [4.69, 9.17) is 4.52 Å². The smallest absolute Gasteiger partial charge is 0.356 e. The quantitative estimate of drug-likeness (QED) is 0.669. The molecule has 0 radical (unpaired) electrons. The molecule has 0 aliphatic heterocycles. The Balaban J connectivity index is 2.17. The molecule has 2 aromatic heterocycles. The van der Waals surface area contributed by atoms with E-state index in [0.29, 0.717) is 5.56 Å². The summed E-state index contributed by atoms with van der Waals surface area (Å²) < 4.78 is 44.2. The van der Waals surface area contributed by atoms with Gasteiger partial charge in [0.15, 0.2) is 11.5 Å². The van der Waals surface area contributed by atoms with Crippen LogP contribution >= 0.6 is 0 Å². The van der Waals surface area contributed by atoms with E-state index in [-0.39, 0.29) is 5.76 Å². The number of alkyl halides is 3. The van der Waals surface area contributed by atoms with Crippen LogP contribution in [-0.2, 0) is 13.2 Å². The molecule has 3 nitrogen and oxygen atoms in total. The Hall–Kier alpha value is -2.24. The molecule has 0 aliphatic carbocycles. The third kappa shape index (κ3) is 1.89. The number of aryl methyl sites for hydroxylation is 1. The third-order valence-corrected chi connectivity index (χ3v) is 2.96. The van der Waals surface area contributed by atoms with E-state index in [0.717, 1.165) is 17.0 Å². The normalized spacial score (nSPS) is 12.2. The summed E-state index contributed by atoms with van der Waals surface area (Å²) >= 11 is 0. The van der Waals surface area contributed by atoms with Gasteiger partial charge >= 0.3 is 6.18 Å². The van der Waals surface area contributed by atoms with Crippen molar-refractivity contribution in [2.45, 2.75) is 6.18 Å². The zero-order valence-corrected chi connectivity index (χ0v) is 9.90. The number of fused-ring (bicyclic) bond motifs is 1. The summed E-state index contributed by atoms with van der Waals surface area (Å²) in [5.74, 6) is 0.115. The Morgan fingerprint density at radius 1 is 1.21 bits per heavy atom. The van der Waals surface area contributed by atoms with Crippen molar-refractivity contribution in [1.82, 2.24) is 9.72 Å². The molecule has 0 saturated carbocycles. The van der Waals surface area contributed by atoms with Crippen molar-refractivity contribution in [3.8, 4) is 11.3 Å². The Morgan fingerprint density at radius 3 is 2.63 bits per heavy atom. The third-order valence-electron chi connectivity index (χ3n) is 2.96. The molecule has 98 valence electrons. The molecule has 1 aromatic carbocycles. The molecule has 0 saturated heterocycles. The minimum atomic E-state index is -4.49. The standard InChI is InChI=1S/C13H9F3N2O/c1-18-7-9(8-4-2-3-5-10(8)18)11-6-12(17-19-11)13(14,15)16/h2-7H,1H3. The second-order valence-corrected chi connectivity index (χ2v) is 4.24. The molecular formula is C13H9F3N2O. The highest BCUT2D eigenvalue weighted by Gasteiger charge is 2.35. The number of hydrogen-bond acceptors (Lipinski definition) is 2. The maximum atomic E-state index is 12.5. The highest BCUT2D eigenvalue weighted by atomic mass is 19.4. The molecule has 0 atom stereocenters. The lowest BCUT2D eigenvalue weighted by atomic mass is 10.1. The first-order valence-corrected chi connectivity index (χ1v) is 5.55. The van der Waals surface area contributed by atoms with Gasteiger partial charge in [-0.05, 0) is 6.07 Å². The Kier molecular flexibility index (Phi) is 2.41. The highest BCUT2D eigenvalue weighted by molar-refractivity contribution is 5.94. The first-order valence-electron chi connectivity index (χ1n) is 5.55. The molecule has 0 unspecified atom stereocenters. The van der Waals surface area contributed by atoms with Gasteiger partial charge in [-0.25, -0.2) is 0 Å². The predicted molar refractivity (Wildman–Crippen MR) is 63.4 cm³/mol. The fraction of sp³-hybridized carbons (Fsp3) is 0.154. The Morgan fingerprint density at radius 2 is 1.95 bits per heavy atom. The molecule has 0 N–H and O–H groups in total. The second kappa shape index (κ2) is 3.88. The van der Waals surface area contributed by atoms with Crippen LogP contribution in [0.1, 0.15) is 5.69 Å². The maximum absolute atomic E-state index is 12.5. The molecule has 0 fully saturated rings. The van der Waals surface area contributed by atoms with E-state index in [1.807, 2.05) is 35.9 Å². The zero-order valence-electron chi connectivity index (χ0n) is 9.90. The van der Waals surface area contributed by atoms with E-state index in [1.54, 1.807) is 6.20 Å². The Labute approximate surface area is 106 Å². The van der Waals surface area contributed by atoms with E-state index in [2.05, 4.69) is 5.16 Å². The summed E-state index contributed by atoms with van der Waals surface area (Å²) in [6.45, 7) is 0. The average Bonchev–Trinajstić information content (AvgIpc) is 2.94. The predicted octanol–water partition coefficient (Wildman–Crippen LogP) is 3.85. The fourth-order valence-corrected chi connectivity index (χ4v) is 2.07. The summed E-state index contributed by atoms with van der Waals surface area (Å²) in [7, 11) is 1.83. The van der Waals surface area contributed by atoms with Crippen LogP contribution in [-0.4, -0.2) is 9.72 Å². The van der Waals surface area contributed by atoms with Crippen LogP contribution < -0.4 is 0 Å². The van der Waals surface area contributed by atoms with Crippen LogP contribution in [0.2, 0.25) is 0 Å². The minimum Gasteiger partial charge on any atom is -0.356 e. The second-order valence-electron chi connectivity index (χ2n) is 4.24. The van der Waals surface area contributed by atoms with Crippen LogP contribution in [0.15, 0.2) is 41.1 Å². The Bertz CT molecular complexity index is 740. The number of aromatic nitrogens is 2.